The van der Waals surface area contributed by atoms with Crippen LogP contribution in [-0.4, -0.2) is 54.0 Å². The second-order valence-corrected chi connectivity index (χ2v) is 6.05. The molecule has 3 rings (SSSR count). The minimum atomic E-state index is 0.131. The molecule has 1 amide bonds. The molecule has 2 heterocycles. The van der Waals surface area contributed by atoms with Crippen molar-refractivity contribution in [2.24, 2.45) is 0 Å². The molecule has 0 bridgehead atoms. The number of carbonyl (C=O) groups is 1. The normalized spacial score (nSPS) is 14.6. The number of hydrogen-bond acceptors (Lipinski definition) is 5. The van der Waals surface area contributed by atoms with E-state index in [1.165, 1.54) is 5.56 Å². The van der Waals surface area contributed by atoms with Crippen molar-refractivity contribution < 1.29 is 4.79 Å². The number of piperazine rings is 1. The van der Waals surface area contributed by atoms with Gasteiger partial charge >= 0.3 is 0 Å². The molecule has 1 aromatic carbocycles. The molecule has 2 aromatic rings. The largest absolute Gasteiger partial charge is 0.355 e. The molecule has 1 aliphatic heterocycles. The van der Waals surface area contributed by atoms with E-state index in [0.29, 0.717) is 0 Å². The molecule has 1 fully saturated rings. The van der Waals surface area contributed by atoms with Crippen LogP contribution in [-0.2, 0) is 11.3 Å². The summed E-state index contributed by atoms with van der Waals surface area (Å²) in [5.74, 6) is 1.76. The summed E-state index contributed by atoms with van der Waals surface area (Å²) in [6.07, 6.45) is 1.80. The fourth-order valence-corrected chi connectivity index (χ4v) is 2.86. The summed E-state index contributed by atoms with van der Waals surface area (Å²) in [4.78, 5) is 26.7. The van der Waals surface area contributed by atoms with Gasteiger partial charge in [0.15, 0.2) is 0 Å². The maximum atomic E-state index is 11.4. The third kappa shape index (κ3) is 3.82. The van der Waals surface area contributed by atoms with E-state index in [1.807, 2.05) is 36.2 Å². The molecule has 1 saturated heterocycles. The lowest BCUT2D eigenvalue weighted by molar-refractivity contribution is -0.129. The molecular formula is C18H23N5O. The van der Waals surface area contributed by atoms with Gasteiger partial charge in [-0.2, -0.15) is 4.98 Å². The summed E-state index contributed by atoms with van der Waals surface area (Å²) in [6.45, 7) is 5.41. The van der Waals surface area contributed by atoms with Gasteiger partial charge in [-0.25, -0.2) is 4.98 Å². The van der Waals surface area contributed by atoms with E-state index in [1.54, 1.807) is 13.1 Å². The van der Waals surface area contributed by atoms with Crippen molar-refractivity contribution in [3.8, 4) is 0 Å². The minimum absolute atomic E-state index is 0.131. The standard InChI is InChI=1S/C18H23N5O/c1-15(24)22-10-12-23(13-11-22)18-19-9-8-17(20-18)21(2)14-16-6-4-3-5-7-16/h3-9H,10-14H2,1-2H3. The van der Waals surface area contributed by atoms with Gasteiger partial charge in [0.05, 0.1) is 0 Å². The molecule has 0 saturated carbocycles. The summed E-state index contributed by atoms with van der Waals surface area (Å²) in [6, 6.07) is 12.3. The van der Waals surface area contributed by atoms with Crippen LogP contribution in [0, 0.1) is 0 Å². The van der Waals surface area contributed by atoms with E-state index < -0.39 is 0 Å². The van der Waals surface area contributed by atoms with Crippen LogP contribution in [0.2, 0.25) is 0 Å². The molecule has 0 aliphatic carbocycles. The highest BCUT2D eigenvalue weighted by molar-refractivity contribution is 5.73. The fraction of sp³-hybridized carbons (Fsp3) is 0.389. The highest BCUT2D eigenvalue weighted by Crippen LogP contribution is 2.17. The molecule has 6 heteroatoms. The summed E-state index contributed by atoms with van der Waals surface area (Å²) in [7, 11) is 2.03. The van der Waals surface area contributed by atoms with Gasteiger partial charge in [-0.1, -0.05) is 30.3 Å². The van der Waals surface area contributed by atoms with Crippen molar-refractivity contribution in [2.75, 3.05) is 43.0 Å². The molecule has 0 spiro atoms. The molecule has 0 atom stereocenters. The van der Waals surface area contributed by atoms with E-state index in [9.17, 15) is 4.79 Å². The van der Waals surface area contributed by atoms with Crippen LogP contribution in [0.25, 0.3) is 0 Å². The molecule has 126 valence electrons. The molecule has 6 nitrogen and oxygen atoms in total. The number of nitrogens with zero attached hydrogens (tertiary/aromatic N) is 5. The monoisotopic (exact) mass is 325 g/mol. The zero-order chi connectivity index (χ0) is 16.9. The van der Waals surface area contributed by atoms with Crippen molar-refractivity contribution in [3.05, 3.63) is 48.2 Å². The highest BCUT2D eigenvalue weighted by atomic mass is 16.2. The molecule has 1 aliphatic rings. The van der Waals surface area contributed by atoms with Crippen LogP contribution in [0.15, 0.2) is 42.6 Å². The highest BCUT2D eigenvalue weighted by Gasteiger charge is 2.20. The number of anilines is 2. The van der Waals surface area contributed by atoms with Crippen molar-refractivity contribution in [2.45, 2.75) is 13.5 Å². The topological polar surface area (TPSA) is 52.6 Å². The van der Waals surface area contributed by atoms with Crippen molar-refractivity contribution in [3.63, 3.8) is 0 Å². The Hall–Kier alpha value is -2.63. The van der Waals surface area contributed by atoms with Crippen LogP contribution >= 0.6 is 0 Å². The summed E-state index contributed by atoms with van der Waals surface area (Å²) in [5.41, 5.74) is 1.25. The van der Waals surface area contributed by atoms with Gasteiger partial charge in [0, 0.05) is 52.9 Å². The van der Waals surface area contributed by atoms with Crippen LogP contribution in [0.1, 0.15) is 12.5 Å². The first kappa shape index (κ1) is 16.2. The number of aromatic nitrogens is 2. The van der Waals surface area contributed by atoms with Crippen LogP contribution < -0.4 is 9.80 Å². The Morgan fingerprint density at radius 2 is 1.83 bits per heavy atom. The first-order valence-electron chi connectivity index (χ1n) is 8.22. The molecular weight excluding hydrogens is 302 g/mol. The molecule has 1 aromatic heterocycles. The number of hydrogen-bond donors (Lipinski definition) is 0. The third-order valence-corrected chi connectivity index (χ3v) is 4.29. The van der Waals surface area contributed by atoms with Crippen molar-refractivity contribution >= 4 is 17.7 Å². The number of rotatable bonds is 4. The van der Waals surface area contributed by atoms with E-state index >= 15 is 0 Å². The predicted octanol–water partition coefficient (Wildman–Crippen LogP) is 1.78. The van der Waals surface area contributed by atoms with Crippen molar-refractivity contribution in [1.82, 2.24) is 14.9 Å². The van der Waals surface area contributed by atoms with Gasteiger partial charge in [-0.3, -0.25) is 4.79 Å². The Labute approximate surface area is 142 Å². The van der Waals surface area contributed by atoms with Gasteiger partial charge < -0.3 is 14.7 Å². The lowest BCUT2D eigenvalue weighted by Gasteiger charge is -2.34. The summed E-state index contributed by atoms with van der Waals surface area (Å²) in [5, 5.41) is 0. The average molecular weight is 325 g/mol. The van der Waals surface area contributed by atoms with E-state index in [-0.39, 0.29) is 5.91 Å². The van der Waals surface area contributed by atoms with E-state index in [0.717, 1.165) is 44.5 Å². The summed E-state index contributed by atoms with van der Waals surface area (Å²) < 4.78 is 0. The molecule has 0 unspecified atom stereocenters. The maximum absolute atomic E-state index is 11.4. The van der Waals surface area contributed by atoms with Gasteiger partial charge in [0.25, 0.3) is 0 Å². The minimum Gasteiger partial charge on any atom is -0.355 e. The smallest absolute Gasteiger partial charge is 0.227 e. The first-order valence-corrected chi connectivity index (χ1v) is 8.22. The Balaban J connectivity index is 1.67. The lowest BCUT2D eigenvalue weighted by atomic mass is 10.2. The Kier molecular flexibility index (Phi) is 4.93. The second kappa shape index (κ2) is 7.29. The van der Waals surface area contributed by atoms with Crippen molar-refractivity contribution in [1.29, 1.82) is 0 Å². The average Bonchev–Trinajstić information content (AvgIpc) is 2.63. The van der Waals surface area contributed by atoms with Crippen LogP contribution in [0.5, 0.6) is 0 Å². The van der Waals surface area contributed by atoms with Gasteiger partial charge in [-0.05, 0) is 11.6 Å². The first-order chi connectivity index (χ1) is 11.6. The Morgan fingerprint density at radius 1 is 1.12 bits per heavy atom. The Morgan fingerprint density at radius 3 is 2.50 bits per heavy atom. The van der Waals surface area contributed by atoms with Crippen LogP contribution in [0.3, 0.4) is 0 Å². The quantitative estimate of drug-likeness (QED) is 0.858. The third-order valence-electron chi connectivity index (χ3n) is 4.29. The second-order valence-electron chi connectivity index (χ2n) is 6.05. The Bertz CT molecular complexity index is 683. The predicted molar refractivity (Wildman–Crippen MR) is 95.0 cm³/mol. The van der Waals surface area contributed by atoms with E-state index in [4.69, 9.17) is 4.98 Å². The molecule has 24 heavy (non-hydrogen) atoms. The number of carbonyl (C=O) groups excluding carboxylic acids is 1. The fourth-order valence-electron chi connectivity index (χ4n) is 2.86. The summed E-state index contributed by atoms with van der Waals surface area (Å²) >= 11 is 0. The van der Waals surface area contributed by atoms with Gasteiger partial charge in [0.2, 0.25) is 11.9 Å². The molecule has 0 radical (unpaired) electrons. The number of benzene rings is 1. The number of amides is 1. The SMILES string of the molecule is CC(=O)N1CCN(c2nccc(N(C)Cc3ccccc3)n2)CC1. The lowest BCUT2D eigenvalue weighted by Crippen LogP contribution is -2.48. The maximum Gasteiger partial charge on any atom is 0.227 e. The van der Waals surface area contributed by atoms with Crippen LogP contribution in [0.4, 0.5) is 11.8 Å². The zero-order valence-electron chi connectivity index (χ0n) is 14.2. The van der Waals surface area contributed by atoms with Gasteiger partial charge in [0.1, 0.15) is 5.82 Å². The molecule has 0 N–H and O–H groups in total. The van der Waals surface area contributed by atoms with Gasteiger partial charge in [-0.15, -0.1) is 0 Å². The zero-order valence-corrected chi connectivity index (χ0v) is 14.2. The van der Waals surface area contributed by atoms with E-state index in [2.05, 4.69) is 26.9 Å².